The predicted molar refractivity (Wildman–Crippen MR) is 66.1 cm³/mol. The lowest BCUT2D eigenvalue weighted by Gasteiger charge is -2.05. The molecule has 0 aliphatic heterocycles. The van der Waals surface area contributed by atoms with E-state index in [2.05, 4.69) is 5.32 Å². The molecule has 0 aromatic heterocycles. The van der Waals surface area contributed by atoms with Crippen molar-refractivity contribution < 1.29 is 19.4 Å². The Labute approximate surface area is 105 Å². The molecule has 0 aliphatic rings. The van der Waals surface area contributed by atoms with Crippen molar-refractivity contribution in [2.45, 2.75) is 6.42 Å². The number of hydrogen-bond donors (Lipinski definition) is 2. The van der Waals surface area contributed by atoms with Crippen molar-refractivity contribution in [1.82, 2.24) is 5.32 Å². The monoisotopic (exact) mass is 249 g/mol. The molecule has 0 unspecified atom stereocenters. The Hall–Kier alpha value is -2.14. The van der Waals surface area contributed by atoms with Gasteiger partial charge >= 0.3 is 5.97 Å². The van der Waals surface area contributed by atoms with Crippen LogP contribution in [-0.2, 0) is 9.53 Å². The number of methoxy groups -OCH3 is 1. The molecule has 5 nitrogen and oxygen atoms in total. The standard InChI is InChI=1S/C13H15NO4/c1-18-9-5-8-11(13(16)17)14-12(15)10-6-3-2-4-7-10/h2-4,6-8H,5,9H2,1H3,(H,14,15)(H,16,17)/b11-8-. The first kappa shape index (κ1) is 13.9. The number of benzene rings is 1. The van der Waals surface area contributed by atoms with Gasteiger partial charge in [0.05, 0.1) is 0 Å². The molecule has 0 bridgehead atoms. The summed E-state index contributed by atoms with van der Waals surface area (Å²) in [5.74, 6) is -1.61. The molecule has 1 aromatic rings. The highest BCUT2D eigenvalue weighted by Gasteiger charge is 2.12. The SMILES string of the molecule is COCC/C=C(\NC(=O)c1ccccc1)C(=O)O. The molecule has 0 radical (unpaired) electrons. The number of rotatable bonds is 6. The van der Waals surface area contributed by atoms with Crippen LogP contribution in [0.15, 0.2) is 42.1 Å². The number of hydrogen-bond acceptors (Lipinski definition) is 3. The van der Waals surface area contributed by atoms with Crippen LogP contribution in [0.25, 0.3) is 0 Å². The maximum absolute atomic E-state index is 11.7. The lowest BCUT2D eigenvalue weighted by Crippen LogP contribution is -2.27. The molecule has 0 heterocycles. The highest BCUT2D eigenvalue weighted by molar-refractivity contribution is 6.00. The second-order valence-corrected chi connectivity index (χ2v) is 3.52. The van der Waals surface area contributed by atoms with Gasteiger partial charge in [0.1, 0.15) is 5.70 Å². The summed E-state index contributed by atoms with van der Waals surface area (Å²) in [4.78, 5) is 22.7. The molecule has 0 atom stereocenters. The van der Waals surface area contributed by atoms with E-state index < -0.39 is 11.9 Å². The van der Waals surface area contributed by atoms with E-state index in [0.29, 0.717) is 18.6 Å². The Morgan fingerprint density at radius 2 is 2.00 bits per heavy atom. The van der Waals surface area contributed by atoms with Crippen LogP contribution in [-0.4, -0.2) is 30.7 Å². The molecule has 0 spiro atoms. The topological polar surface area (TPSA) is 75.6 Å². The molecule has 0 saturated heterocycles. The predicted octanol–water partition coefficient (Wildman–Crippen LogP) is 1.42. The van der Waals surface area contributed by atoms with E-state index >= 15 is 0 Å². The molecular formula is C13H15NO4. The largest absolute Gasteiger partial charge is 0.477 e. The summed E-state index contributed by atoms with van der Waals surface area (Å²) in [6.45, 7) is 0.401. The second kappa shape index (κ2) is 7.24. The molecular weight excluding hydrogens is 234 g/mol. The maximum Gasteiger partial charge on any atom is 0.352 e. The fraction of sp³-hybridized carbons (Fsp3) is 0.231. The van der Waals surface area contributed by atoms with Crippen LogP contribution < -0.4 is 5.32 Å². The van der Waals surface area contributed by atoms with E-state index in [1.54, 1.807) is 30.3 Å². The van der Waals surface area contributed by atoms with Gasteiger partial charge in [0.25, 0.3) is 5.91 Å². The van der Waals surface area contributed by atoms with Crippen LogP contribution in [0.5, 0.6) is 0 Å². The fourth-order valence-electron chi connectivity index (χ4n) is 1.30. The van der Waals surface area contributed by atoms with Gasteiger partial charge in [-0.15, -0.1) is 0 Å². The molecule has 0 fully saturated rings. The van der Waals surface area contributed by atoms with Crippen molar-refractivity contribution in [1.29, 1.82) is 0 Å². The average Bonchev–Trinajstić information content (AvgIpc) is 2.38. The Balaban J connectivity index is 2.70. The third kappa shape index (κ3) is 4.39. The van der Waals surface area contributed by atoms with Crippen LogP contribution in [0, 0.1) is 0 Å². The summed E-state index contributed by atoms with van der Waals surface area (Å²) in [5, 5.41) is 11.3. The van der Waals surface area contributed by atoms with Gasteiger partial charge in [-0.2, -0.15) is 0 Å². The Kier molecular flexibility index (Phi) is 5.60. The number of nitrogens with one attached hydrogen (secondary N) is 1. The zero-order valence-corrected chi connectivity index (χ0v) is 10.1. The van der Waals surface area contributed by atoms with Gasteiger partial charge in [0.15, 0.2) is 0 Å². The molecule has 2 N–H and O–H groups in total. The number of aliphatic carboxylic acids is 1. The average molecular weight is 249 g/mol. The third-order valence-corrected chi connectivity index (χ3v) is 2.19. The van der Waals surface area contributed by atoms with Crippen LogP contribution >= 0.6 is 0 Å². The quantitative estimate of drug-likeness (QED) is 0.590. The summed E-state index contributed by atoms with van der Waals surface area (Å²) in [5.41, 5.74) is 0.275. The Bertz CT molecular complexity index is 440. The first-order chi connectivity index (χ1) is 8.65. The van der Waals surface area contributed by atoms with Gasteiger partial charge in [-0.25, -0.2) is 4.79 Å². The molecule has 5 heteroatoms. The van der Waals surface area contributed by atoms with Gasteiger partial charge in [0.2, 0.25) is 0 Å². The van der Waals surface area contributed by atoms with Crippen LogP contribution in [0.1, 0.15) is 16.8 Å². The minimum atomic E-state index is -1.17. The molecule has 1 rings (SSSR count). The zero-order valence-electron chi connectivity index (χ0n) is 10.1. The smallest absolute Gasteiger partial charge is 0.352 e. The van der Waals surface area contributed by atoms with E-state index in [9.17, 15) is 9.59 Å². The lowest BCUT2D eigenvalue weighted by atomic mass is 10.2. The first-order valence-corrected chi connectivity index (χ1v) is 5.44. The van der Waals surface area contributed by atoms with Crippen molar-refractivity contribution in [2.75, 3.05) is 13.7 Å². The van der Waals surface area contributed by atoms with Crippen LogP contribution in [0.4, 0.5) is 0 Å². The van der Waals surface area contributed by atoms with Gasteiger partial charge in [-0.1, -0.05) is 24.3 Å². The summed E-state index contributed by atoms with van der Waals surface area (Å²) >= 11 is 0. The number of carboxylic acid groups (broad SMARTS) is 1. The Morgan fingerprint density at radius 3 is 2.56 bits per heavy atom. The van der Waals surface area contributed by atoms with E-state index in [4.69, 9.17) is 9.84 Å². The van der Waals surface area contributed by atoms with E-state index in [-0.39, 0.29) is 5.70 Å². The third-order valence-electron chi connectivity index (χ3n) is 2.19. The summed E-state index contributed by atoms with van der Waals surface area (Å²) in [6, 6.07) is 8.44. The fourth-order valence-corrected chi connectivity index (χ4v) is 1.30. The molecule has 18 heavy (non-hydrogen) atoms. The minimum Gasteiger partial charge on any atom is -0.477 e. The lowest BCUT2D eigenvalue weighted by molar-refractivity contribution is -0.133. The van der Waals surface area contributed by atoms with Crippen molar-refractivity contribution in [2.24, 2.45) is 0 Å². The Morgan fingerprint density at radius 1 is 1.33 bits per heavy atom. The molecule has 96 valence electrons. The van der Waals surface area contributed by atoms with Crippen molar-refractivity contribution in [3.05, 3.63) is 47.7 Å². The number of amides is 1. The first-order valence-electron chi connectivity index (χ1n) is 5.44. The van der Waals surface area contributed by atoms with E-state index in [1.807, 2.05) is 0 Å². The molecule has 0 aliphatic carbocycles. The van der Waals surface area contributed by atoms with Gasteiger partial charge in [-0.3, -0.25) is 4.79 Å². The maximum atomic E-state index is 11.7. The second-order valence-electron chi connectivity index (χ2n) is 3.52. The van der Waals surface area contributed by atoms with E-state index in [0.717, 1.165) is 0 Å². The summed E-state index contributed by atoms with van der Waals surface area (Å²) in [6.07, 6.45) is 1.85. The zero-order chi connectivity index (χ0) is 13.4. The van der Waals surface area contributed by atoms with Crippen LogP contribution in [0.3, 0.4) is 0 Å². The highest BCUT2D eigenvalue weighted by atomic mass is 16.5. The summed E-state index contributed by atoms with van der Waals surface area (Å²) in [7, 11) is 1.52. The van der Waals surface area contributed by atoms with Crippen LogP contribution in [0.2, 0.25) is 0 Å². The van der Waals surface area contributed by atoms with E-state index in [1.165, 1.54) is 13.2 Å². The number of carbonyl (C=O) groups excluding carboxylic acids is 1. The number of carbonyl (C=O) groups is 2. The van der Waals surface area contributed by atoms with Crippen molar-refractivity contribution in [3.63, 3.8) is 0 Å². The highest BCUT2D eigenvalue weighted by Crippen LogP contribution is 2.01. The minimum absolute atomic E-state index is 0.138. The van der Waals surface area contributed by atoms with Gasteiger partial charge in [-0.05, 0) is 18.6 Å². The molecule has 1 aromatic carbocycles. The van der Waals surface area contributed by atoms with Crippen molar-refractivity contribution in [3.8, 4) is 0 Å². The normalized spacial score (nSPS) is 11.1. The molecule has 0 saturated carbocycles. The van der Waals surface area contributed by atoms with Gasteiger partial charge < -0.3 is 15.2 Å². The van der Waals surface area contributed by atoms with Crippen molar-refractivity contribution >= 4 is 11.9 Å². The van der Waals surface area contributed by atoms with Gasteiger partial charge in [0, 0.05) is 19.3 Å². The summed E-state index contributed by atoms with van der Waals surface area (Å²) < 4.78 is 4.81. The number of carboxylic acids is 1. The molecule has 1 amide bonds. The number of ether oxygens (including phenoxy) is 1.